The van der Waals surface area contributed by atoms with Gasteiger partial charge in [0, 0.05) is 5.56 Å². The van der Waals surface area contributed by atoms with Crippen molar-refractivity contribution in [1.29, 1.82) is 5.26 Å². The lowest BCUT2D eigenvalue weighted by Gasteiger charge is -2.26. The molecule has 1 unspecified atom stereocenters. The van der Waals surface area contributed by atoms with Gasteiger partial charge in [0.05, 0.1) is 31.1 Å². The number of ether oxygens (including phenoxy) is 3. The molecule has 4 aromatic rings. The summed E-state index contributed by atoms with van der Waals surface area (Å²) in [5.74, 6) is 0.798. The van der Waals surface area contributed by atoms with E-state index in [0.29, 0.717) is 33.8 Å². The van der Waals surface area contributed by atoms with Crippen LogP contribution in [0.15, 0.2) is 87.4 Å². The minimum absolute atomic E-state index is 0. The summed E-state index contributed by atoms with van der Waals surface area (Å²) in [5.41, 5.74) is 8.63. The first-order chi connectivity index (χ1) is 16.5. The van der Waals surface area contributed by atoms with Crippen molar-refractivity contribution >= 4 is 11.0 Å². The third-order valence-electron chi connectivity index (χ3n) is 5.91. The van der Waals surface area contributed by atoms with E-state index in [1.807, 2.05) is 42.5 Å². The lowest BCUT2D eigenvalue weighted by Crippen LogP contribution is -2.26. The van der Waals surface area contributed by atoms with Crippen LogP contribution in [0.1, 0.15) is 24.5 Å². The molecule has 35 heavy (non-hydrogen) atoms. The third kappa shape index (κ3) is 3.85. The Morgan fingerprint density at radius 3 is 2.54 bits per heavy atom. The molecule has 176 valence electrons. The average molecular weight is 469 g/mol. The smallest absolute Gasteiger partial charge is 0.344 e. The van der Waals surface area contributed by atoms with Crippen molar-refractivity contribution in [1.82, 2.24) is 0 Å². The molecule has 7 nitrogen and oxygen atoms in total. The molecule has 3 aromatic carbocycles. The highest BCUT2D eigenvalue weighted by molar-refractivity contribution is 5.86. The van der Waals surface area contributed by atoms with E-state index in [1.54, 1.807) is 38.5 Å². The standard InChI is InChI=1S/C27H20N2O5.CH4/c1-31-17-7-5-6-15(12-17)19-13-16(10-11-21(19)32-2)23-20(14-28)26(29)34-25-18-8-3-4-9-22(18)33-27(30)24(23)25;/h3-13,23H,29H2,1-2H3;1H4. The molecule has 0 saturated carbocycles. The van der Waals surface area contributed by atoms with E-state index in [1.165, 1.54) is 0 Å². The lowest BCUT2D eigenvalue weighted by atomic mass is 9.82. The Kier molecular flexibility index (Phi) is 6.22. The second kappa shape index (κ2) is 9.27. The Morgan fingerprint density at radius 2 is 1.80 bits per heavy atom. The highest BCUT2D eigenvalue weighted by Gasteiger charge is 2.35. The molecule has 0 aliphatic carbocycles. The van der Waals surface area contributed by atoms with Crippen LogP contribution in [0.5, 0.6) is 17.2 Å². The van der Waals surface area contributed by atoms with Crippen LogP contribution in [0.4, 0.5) is 0 Å². The first-order valence-electron chi connectivity index (χ1n) is 10.5. The van der Waals surface area contributed by atoms with Crippen LogP contribution in [-0.4, -0.2) is 14.2 Å². The molecule has 1 aliphatic rings. The topological polar surface area (TPSA) is 108 Å². The highest BCUT2D eigenvalue weighted by Crippen LogP contribution is 2.45. The number of para-hydroxylation sites is 1. The van der Waals surface area contributed by atoms with Crippen LogP contribution in [0.25, 0.3) is 22.1 Å². The molecule has 7 heteroatoms. The van der Waals surface area contributed by atoms with Crippen molar-refractivity contribution < 1.29 is 18.6 Å². The Balaban J connectivity index is 0.00000289. The van der Waals surface area contributed by atoms with E-state index < -0.39 is 11.5 Å². The van der Waals surface area contributed by atoms with E-state index in [4.69, 9.17) is 24.4 Å². The van der Waals surface area contributed by atoms with E-state index in [2.05, 4.69) is 6.07 Å². The van der Waals surface area contributed by atoms with Crippen molar-refractivity contribution in [3.05, 3.63) is 99.7 Å². The van der Waals surface area contributed by atoms with Gasteiger partial charge < -0.3 is 24.4 Å². The molecule has 1 atom stereocenters. The Labute approximate surface area is 202 Å². The molecule has 0 spiro atoms. The Hall–Kier alpha value is -4.70. The molecular weight excluding hydrogens is 444 g/mol. The quantitative estimate of drug-likeness (QED) is 0.403. The predicted octanol–water partition coefficient (Wildman–Crippen LogP) is 5.33. The van der Waals surface area contributed by atoms with Crippen LogP contribution in [0.2, 0.25) is 0 Å². The minimum Gasteiger partial charge on any atom is -0.497 e. The number of nitrogens with zero attached hydrogens (tertiary/aromatic N) is 1. The zero-order valence-electron chi connectivity index (χ0n) is 18.5. The summed E-state index contributed by atoms with van der Waals surface area (Å²) in [6.07, 6.45) is 0. The summed E-state index contributed by atoms with van der Waals surface area (Å²) in [4.78, 5) is 13.1. The summed E-state index contributed by atoms with van der Waals surface area (Å²) < 4.78 is 22.3. The number of methoxy groups -OCH3 is 2. The number of nitrogens with two attached hydrogens (primary N) is 1. The molecule has 1 aromatic heterocycles. The largest absolute Gasteiger partial charge is 0.497 e. The fourth-order valence-corrected chi connectivity index (χ4v) is 4.32. The van der Waals surface area contributed by atoms with Crippen LogP contribution in [0, 0.1) is 11.3 Å². The van der Waals surface area contributed by atoms with Crippen LogP contribution in [-0.2, 0) is 0 Å². The number of allylic oxidation sites excluding steroid dienone is 1. The zero-order valence-corrected chi connectivity index (χ0v) is 18.5. The highest BCUT2D eigenvalue weighted by atomic mass is 16.5. The number of hydrogen-bond donors (Lipinski definition) is 1. The number of benzene rings is 3. The number of fused-ring (bicyclic) bond motifs is 3. The molecular formula is C28H24N2O5. The molecule has 0 amide bonds. The molecule has 2 N–H and O–H groups in total. The van der Waals surface area contributed by atoms with Crippen molar-refractivity contribution in [2.75, 3.05) is 14.2 Å². The summed E-state index contributed by atoms with van der Waals surface area (Å²) in [6.45, 7) is 0. The summed E-state index contributed by atoms with van der Waals surface area (Å²) >= 11 is 0. The van der Waals surface area contributed by atoms with Crippen LogP contribution in [0.3, 0.4) is 0 Å². The number of rotatable bonds is 4. The van der Waals surface area contributed by atoms with Gasteiger partial charge in [0.1, 0.15) is 28.7 Å². The number of nitriles is 1. The normalized spacial score (nSPS) is 14.4. The molecule has 1 aliphatic heterocycles. The van der Waals surface area contributed by atoms with Gasteiger partial charge in [-0.25, -0.2) is 4.79 Å². The second-order valence-corrected chi connectivity index (χ2v) is 7.74. The van der Waals surface area contributed by atoms with Gasteiger partial charge in [0.15, 0.2) is 5.75 Å². The van der Waals surface area contributed by atoms with Gasteiger partial charge >= 0.3 is 5.63 Å². The third-order valence-corrected chi connectivity index (χ3v) is 5.91. The zero-order chi connectivity index (χ0) is 23.8. The van der Waals surface area contributed by atoms with Gasteiger partial charge in [-0.2, -0.15) is 5.26 Å². The molecule has 0 fully saturated rings. The lowest BCUT2D eigenvalue weighted by molar-refractivity contribution is 0.388. The molecule has 5 rings (SSSR count). The Bertz CT molecular complexity index is 1560. The first-order valence-corrected chi connectivity index (χ1v) is 10.5. The summed E-state index contributed by atoms with van der Waals surface area (Å²) in [6, 6.07) is 22.2. The van der Waals surface area contributed by atoms with Gasteiger partial charge in [-0.1, -0.05) is 37.8 Å². The average Bonchev–Trinajstić information content (AvgIpc) is 2.87. The predicted molar refractivity (Wildman–Crippen MR) is 133 cm³/mol. The van der Waals surface area contributed by atoms with Gasteiger partial charge in [-0.3, -0.25) is 0 Å². The maximum Gasteiger partial charge on any atom is 0.344 e. The van der Waals surface area contributed by atoms with Gasteiger partial charge in [-0.05, 0) is 47.5 Å². The molecule has 0 bridgehead atoms. The van der Waals surface area contributed by atoms with Crippen molar-refractivity contribution in [2.45, 2.75) is 13.3 Å². The summed E-state index contributed by atoms with van der Waals surface area (Å²) in [5, 5.41) is 10.5. The summed E-state index contributed by atoms with van der Waals surface area (Å²) in [7, 11) is 3.18. The van der Waals surface area contributed by atoms with Gasteiger partial charge in [0.25, 0.3) is 0 Å². The van der Waals surface area contributed by atoms with Crippen molar-refractivity contribution in [2.24, 2.45) is 5.73 Å². The fraction of sp³-hybridized carbons (Fsp3) is 0.143. The van der Waals surface area contributed by atoms with Gasteiger partial charge in [0.2, 0.25) is 5.88 Å². The van der Waals surface area contributed by atoms with Gasteiger partial charge in [-0.15, -0.1) is 0 Å². The maximum atomic E-state index is 13.1. The SMILES string of the molecule is C.COc1cccc(-c2cc(C3C(C#N)=C(N)Oc4c3c(=O)oc3ccccc43)ccc2OC)c1. The fourth-order valence-electron chi connectivity index (χ4n) is 4.32. The van der Waals surface area contributed by atoms with Crippen molar-refractivity contribution in [3.8, 4) is 34.4 Å². The Morgan fingerprint density at radius 1 is 1.00 bits per heavy atom. The second-order valence-electron chi connectivity index (χ2n) is 7.74. The maximum absolute atomic E-state index is 13.1. The van der Waals surface area contributed by atoms with Crippen LogP contribution >= 0.6 is 0 Å². The monoisotopic (exact) mass is 468 g/mol. The molecule has 2 heterocycles. The molecule has 0 saturated heterocycles. The van der Waals surface area contributed by atoms with Crippen molar-refractivity contribution in [3.63, 3.8) is 0 Å². The van der Waals surface area contributed by atoms with E-state index in [0.717, 1.165) is 11.1 Å². The van der Waals surface area contributed by atoms with E-state index in [9.17, 15) is 10.1 Å². The first kappa shape index (κ1) is 23.5. The van der Waals surface area contributed by atoms with E-state index in [-0.39, 0.29) is 24.4 Å². The van der Waals surface area contributed by atoms with Crippen LogP contribution < -0.4 is 25.6 Å². The molecule has 0 radical (unpaired) electrons. The van der Waals surface area contributed by atoms with E-state index >= 15 is 0 Å². The number of hydrogen-bond acceptors (Lipinski definition) is 7. The minimum atomic E-state index is -0.773.